The zero-order valence-corrected chi connectivity index (χ0v) is 15.5. The van der Waals surface area contributed by atoms with E-state index in [0.717, 1.165) is 22.3 Å². The highest BCUT2D eigenvalue weighted by molar-refractivity contribution is 7.90. The van der Waals surface area contributed by atoms with Crippen LogP contribution < -0.4 is 4.72 Å². The number of nitrogens with one attached hydrogen (secondary N) is 1. The van der Waals surface area contributed by atoms with Crippen LogP contribution in [0.15, 0.2) is 54.9 Å². The molecule has 0 amide bonds. The molecule has 6 heteroatoms. The van der Waals surface area contributed by atoms with Gasteiger partial charge in [0.2, 0.25) is 10.0 Å². The van der Waals surface area contributed by atoms with Crippen molar-refractivity contribution in [2.24, 2.45) is 0 Å². The van der Waals surface area contributed by atoms with E-state index in [2.05, 4.69) is 26.4 Å². The largest absolute Gasteiger partial charge is 0.315 e. The third-order valence-electron chi connectivity index (χ3n) is 4.41. The van der Waals surface area contributed by atoms with E-state index < -0.39 is 15.3 Å². The fourth-order valence-electron chi connectivity index (χ4n) is 2.68. The summed E-state index contributed by atoms with van der Waals surface area (Å²) < 4.78 is 28.5. The van der Waals surface area contributed by atoms with Gasteiger partial charge in [-0.25, -0.2) is 13.1 Å². The SMILES string of the molecule is CC(CNS(=O)(=O)C(C)C)c1ccc(-n2ccc3ncccc32)cc1. The molecule has 0 fully saturated rings. The Morgan fingerprint density at radius 1 is 1.08 bits per heavy atom. The molecule has 3 aromatic rings. The lowest BCUT2D eigenvalue weighted by Crippen LogP contribution is -2.33. The maximum atomic E-state index is 11.9. The monoisotopic (exact) mass is 357 g/mol. The van der Waals surface area contributed by atoms with E-state index in [9.17, 15) is 8.42 Å². The van der Waals surface area contributed by atoms with Crippen molar-refractivity contribution in [1.29, 1.82) is 0 Å². The number of nitrogens with zero attached hydrogens (tertiary/aromatic N) is 2. The fourth-order valence-corrected chi connectivity index (χ4v) is 3.50. The van der Waals surface area contributed by atoms with Crippen molar-refractivity contribution in [3.63, 3.8) is 0 Å². The van der Waals surface area contributed by atoms with Crippen LogP contribution in [-0.2, 0) is 10.0 Å². The average Bonchev–Trinajstić information content (AvgIpc) is 3.04. The quantitative estimate of drug-likeness (QED) is 0.735. The molecule has 0 saturated carbocycles. The predicted molar refractivity (Wildman–Crippen MR) is 102 cm³/mol. The summed E-state index contributed by atoms with van der Waals surface area (Å²) in [6, 6.07) is 14.2. The van der Waals surface area contributed by atoms with Gasteiger partial charge in [-0.05, 0) is 55.7 Å². The summed E-state index contributed by atoms with van der Waals surface area (Å²) in [4.78, 5) is 4.35. The number of pyridine rings is 1. The lowest BCUT2D eigenvalue weighted by molar-refractivity contribution is 0.566. The molecule has 0 aliphatic heterocycles. The summed E-state index contributed by atoms with van der Waals surface area (Å²) in [5, 5.41) is -0.419. The van der Waals surface area contributed by atoms with E-state index in [0.29, 0.717) is 6.54 Å². The Kier molecular flexibility index (Phi) is 4.92. The van der Waals surface area contributed by atoms with Gasteiger partial charge in [-0.15, -0.1) is 0 Å². The van der Waals surface area contributed by atoms with E-state index in [-0.39, 0.29) is 5.92 Å². The number of rotatable bonds is 6. The maximum Gasteiger partial charge on any atom is 0.213 e. The average molecular weight is 357 g/mol. The van der Waals surface area contributed by atoms with Crippen LogP contribution in [-0.4, -0.2) is 29.8 Å². The van der Waals surface area contributed by atoms with E-state index in [1.807, 2.05) is 43.5 Å². The van der Waals surface area contributed by atoms with Crippen molar-refractivity contribution in [1.82, 2.24) is 14.3 Å². The standard InChI is InChI=1S/C19H23N3O2S/c1-14(2)25(23,24)21-13-15(3)16-6-8-17(9-7-16)22-12-10-18-19(22)5-4-11-20-18/h4-12,14-15,21H,13H2,1-3H3. The highest BCUT2D eigenvalue weighted by Crippen LogP contribution is 2.21. The molecule has 1 unspecified atom stereocenters. The number of fused-ring (bicyclic) bond motifs is 1. The lowest BCUT2D eigenvalue weighted by atomic mass is 10.0. The van der Waals surface area contributed by atoms with Gasteiger partial charge in [0.05, 0.1) is 16.3 Å². The molecule has 3 rings (SSSR count). The molecule has 132 valence electrons. The normalized spacial score (nSPS) is 13.4. The fraction of sp³-hybridized carbons (Fsp3) is 0.316. The van der Waals surface area contributed by atoms with E-state index in [1.54, 1.807) is 20.0 Å². The van der Waals surface area contributed by atoms with Gasteiger partial charge in [0.1, 0.15) is 0 Å². The van der Waals surface area contributed by atoms with Crippen LogP contribution in [0.2, 0.25) is 0 Å². The molecule has 0 spiro atoms. The highest BCUT2D eigenvalue weighted by atomic mass is 32.2. The Labute approximate surface area is 148 Å². The van der Waals surface area contributed by atoms with Gasteiger partial charge in [-0.3, -0.25) is 4.98 Å². The van der Waals surface area contributed by atoms with Crippen molar-refractivity contribution >= 4 is 21.1 Å². The first-order valence-electron chi connectivity index (χ1n) is 8.39. The van der Waals surface area contributed by atoms with Crippen molar-refractivity contribution in [3.8, 4) is 5.69 Å². The van der Waals surface area contributed by atoms with Crippen LogP contribution in [0.3, 0.4) is 0 Å². The Hall–Kier alpha value is -2.18. The smallest absolute Gasteiger partial charge is 0.213 e. The number of hydrogen-bond donors (Lipinski definition) is 1. The van der Waals surface area contributed by atoms with Crippen LogP contribution in [0.25, 0.3) is 16.7 Å². The minimum Gasteiger partial charge on any atom is -0.315 e. The van der Waals surface area contributed by atoms with Gasteiger partial charge in [0.15, 0.2) is 0 Å². The number of hydrogen-bond acceptors (Lipinski definition) is 3. The van der Waals surface area contributed by atoms with Gasteiger partial charge in [0.25, 0.3) is 0 Å². The van der Waals surface area contributed by atoms with Crippen LogP contribution in [0.1, 0.15) is 32.3 Å². The number of aromatic nitrogens is 2. The first kappa shape index (κ1) is 17.6. The number of sulfonamides is 1. The molecule has 0 aliphatic carbocycles. The van der Waals surface area contributed by atoms with Gasteiger partial charge in [0, 0.05) is 24.6 Å². The summed E-state index contributed by atoms with van der Waals surface area (Å²) >= 11 is 0. The first-order valence-corrected chi connectivity index (χ1v) is 9.94. The molecule has 2 heterocycles. The second-order valence-corrected chi connectivity index (χ2v) is 8.85. The summed E-state index contributed by atoms with van der Waals surface area (Å²) in [5.74, 6) is 0.102. The molecule has 2 aromatic heterocycles. The number of benzene rings is 1. The minimum absolute atomic E-state index is 0.102. The Morgan fingerprint density at radius 2 is 1.80 bits per heavy atom. The topological polar surface area (TPSA) is 64.0 Å². The van der Waals surface area contributed by atoms with Gasteiger partial charge >= 0.3 is 0 Å². The molecular formula is C19H23N3O2S. The summed E-state index contributed by atoms with van der Waals surface area (Å²) in [6.07, 6.45) is 3.79. The maximum absolute atomic E-state index is 11.9. The molecule has 5 nitrogen and oxygen atoms in total. The summed E-state index contributed by atoms with van der Waals surface area (Å²) in [5.41, 5.74) is 4.18. The van der Waals surface area contributed by atoms with Crippen LogP contribution in [0.4, 0.5) is 0 Å². The van der Waals surface area contributed by atoms with Gasteiger partial charge < -0.3 is 4.57 Å². The van der Waals surface area contributed by atoms with E-state index in [1.165, 1.54) is 0 Å². The van der Waals surface area contributed by atoms with Gasteiger partial charge in [-0.1, -0.05) is 19.1 Å². The Morgan fingerprint density at radius 3 is 2.48 bits per heavy atom. The van der Waals surface area contributed by atoms with Crippen LogP contribution in [0.5, 0.6) is 0 Å². The molecule has 0 saturated heterocycles. The van der Waals surface area contributed by atoms with Crippen molar-refractivity contribution in [2.45, 2.75) is 31.9 Å². The third-order valence-corrected chi connectivity index (χ3v) is 6.22. The summed E-state index contributed by atoms with van der Waals surface area (Å²) in [6.45, 7) is 5.78. The Balaban J connectivity index is 1.76. The van der Waals surface area contributed by atoms with Crippen molar-refractivity contribution in [3.05, 3.63) is 60.4 Å². The third kappa shape index (κ3) is 3.75. The van der Waals surface area contributed by atoms with E-state index >= 15 is 0 Å². The second kappa shape index (κ2) is 6.98. The zero-order valence-electron chi connectivity index (χ0n) is 14.7. The molecule has 1 aromatic carbocycles. The molecule has 25 heavy (non-hydrogen) atoms. The molecule has 0 aliphatic rings. The molecule has 0 radical (unpaired) electrons. The molecular weight excluding hydrogens is 334 g/mol. The highest BCUT2D eigenvalue weighted by Gasteiger charge is 2.17. The van der Waals surface area contributed by atoms with Gasteiger partial charge in [-0.2, -0.15) is 0 Å². The molecule has 0 bridgehead atoms. The van der Waals surface area contributed by atoms with Crippen LogP contribution >= 0.6 is 0 Å². The lowest BCUT2D eigenvalue weighted by Gasteiger charge is -2.15. The Bertz CT molecular complexity index is 960. The summed E-state index contributed by atoms with van der Waals surface area (Å²) in [7, 11) is -3.23. The van der Waals surface area contributed by atoms with Crippen molar-refractivity contribution in [2.75, 3.05) is 6.54 Å². The van der Waals surface area contributed by atoms with Crippen molar-refractivity contribution < 1.29 is 8.42 Å². The second-order valence-electron chi connectivity index (χ2n) is 6.53. The van der Waals surface area contributed by atoms with Crippen LogP contribution in [0, 0.1) is 0 Å². The van der Waals surface area contributed by atoms with E-state index in [4.69, 9.17) is 0 Å². The zero-order chi connectivity index (χ0) is 18.0. The molecule has 1 atom stereocenters. The predicted octanol–water partition coefficient (Wildman–Crippen LogP) is 3.46. The minimum atomic E-state index is -3.23. The first-order chi connectivity index (χ1) is 11.9. The molecule has 1 N–H and O–H groups in total.